The fraction of sp³-hybridized carbons (Fsp3) is 0.441. The number of anilines is 1. The summed E-state index contributed by atoms with van der Waals surface area (Å²) in [6.45, 7) is 13.3. The highest BCUT2D eigenvalue weighted by atomic mass is 16.6. The largest absolute Gasteiger partial charge is 0.444 e. The number of alkyl carbamates (subject to hydrolysis) is 1. The van der Waals surface area contributed by atoms with E-state index >= 15 is 0 Å². The van der Waals surface area contributed by atoms with E-state index in [1.165, 1.54) is 0 Å². The number of rotatable bonds is 9. The van der Waals surface area contributed by atoms with Gasteiger partial charge in [0.2, 0.25) is 5.91 Å². The van der Waals surface area contributed by atoms with Gasteiger partial charge in [-0.05, 0) is 74.4 Å². The molecule has 3 amide bonds. The lowest BCUT2D eigenvalue weighted by Crippen LogP contribution is -2.55. The Balaban J connectivity index is 1.72. The number of nitrogens with zero attached hydrogens (tertiary/aromatic N) is 1. The SMILES string of the molecule is CCC(C)C(NC(=O)OC(C)(C)C)C(=O)N(C(C(=O)Nc1ccc2ccccc2c1)c1ccc(C)cc1)C1CC1C. The molecule has 0 heterocycles. The van der Waals surface area contributed by atoms with Crippen LogP contribution in [-0.4, -0.2) is 40.5 Å². The van der Waals surface area contributed by atoms with E-state index in [0.717, 1.165) is 28.3 Å². The Bertz CT molecular complexity index is 1400. The van der Waals surface area contributed by atoms with Gasteiger partial charge in [-0.1, -0.05) is 87.4 Å². The molecule has 41 heavy (non-hydrogen) atoms. The summed E-state index contributed by atoms with van der Waals surface area (Å²) in [5, 5.41) is 8.02. The summed E-state index contributed by atoms with van der Waals surface area (Å²) < 4.78 is 5.51. The van der Waals surface area contributed by atoms with Crippen LogP contribution in [0.1, 0.15) is 71.6 Å². The maximum absolute atomic E-state index is 14.5. The molecule has 0 spiro atoms. The van der Waals surface area contributed by atoms with E-state index in [9.17, 15) is 14.4 Å². The minimum absolute atomic E-state index is 0.122. The van der Waals surface area contributed by atoms with Crippen molar-refractivity contribution in [3.05, 3.63) is 77.9 Å². The lowest BCUT2D eigenvalue weighted by atomic mass is 9.95. The van der Waals surface area contributed by atoms with Crippen LogP contribution in [0.5, 0.6) is 0 Å². The molecule has 1 aliphatic carbocycles. The number of amides is 3. The van der Waals surface area contributed by atoms with Crippen molar-refractivity contribution in [3.8, 4) is 0 Å². The number of benzene rings is 3. The number of ether oxygens (including phenoxy) is 1. The van der Waals surface area contributed by atoms with Crippen molar-refractivity contribution in [2.75, 3.05) is 5.32 Å². The molecule has 0 radical (unpaired) electrons. The first-order chi connectivity index (χ1) is 19.4. The standard InChI is InChI=1S/C34H43N3O4/c1-8-22(3)29(36-33(40)41-34(5,6)7)32(39)37(28-19-23(28)4)30(25-15-13-21(2)14-16-25)31(38)35-27-18-17-24-11-9-10-12-26(24)20-27/h9-18,20,22-23,28-30H,8,19H2,1-7H3,(H,35,38)(H,36,40). The number of nitrogens with one attached hydrogen (secondary N) is 2. The van der Waals surface area contributed by atoms with E-state index in [0.29, 0.717) is 12.1 Å². The zero-order valence-corrected chi connectivity index (χ0v) is 25.2. The van der Waals surface area contributed by atoms with Crippen molar-refractivity contribution in [1.82, 2.24) is 10.2 Å². The second-order valence-corrected chi connectivity index (χ2v) is 12.4. The van der Waals surface area contributed by atoms with Gasteiger partial charge in [-0.3, -0.25) is 9.59 Å². The van der Waals surface area contributed by atoms with Gasteiger partial charge in [0.15, 0.2) is 0 Å². The number of aryl methyl sites for hydroxylation is 1. The molecule has 7 heteroatoms. The molecule has 5 unspecified atom stereocenters. The van der Waals surface area contributed by atoms with E-state index in [1.54, 1.807) is 25.7 Å². The van der Waals surface area contributed by atoms with Gasteiger partial charge in [-0.15, -0.1) is 0 Å². The summed E-state index contributed by atoms with van der Waals surface area (Å²) >= 11 is 0. The minimum Gasteiger partial charge on any atom is -0.444 e. The van der Waals surface area contributed by atoms with Gasteiger partial charge in [0.05, 0.1) is 0 Å². The molecule has 0 saturated heterocycles. The first-order valence-electron chi connectivity index (χ1n) is 14.6. The highest BCUT2D eigenvalue weighted by molar-refractivity contribution is 6.00. The van der Waals surface area contributed by atoms with E-state index in [1.807, 2.05) is 87.5 Å². The highest BCUT2D eigenvalue weighted by Gasteiger charge is 2.49. The number of hydrogen-bond donors (Lipinski definition) is 2. The summed E-state index contributed by atoms with van der Waals surface area (Å²) in [6, 6.07) is 19.6. The fourth-order valence-corrected chi connectivity index (χ4v) is 5.12. The molecule has 1 fully saturated rings. The van der Waals surface area contributed by atoms with Gasteiger partial charge < -0.3 is 20.3 Å². The lowest BCUT2D eigenvalue weighted by Gasteiger charge is -2.36. The Morgan fingerprint density at radius 3 is 2.22 bits per heavy atom. The third kappa shape index (κ3) is 7.46. The fourth-order valence-electron chi connectivity index (χ4n) is 5.12. The Morgan fingerprint density at radius 2 is 1.63 bits per heavy atom. The molecule has 3 aromatic rings. The molecule has 0 aromatic heterocycles. The Morgan fingerprint density at radius 1 is 1.00 bits per heavy atom. The number of carbonyl (C=O) groups excluding carboxylic acids is 3. The van der Waals surface area contributed by atoms with Crippen LogP contribution in [0.4, 0.5) is 10.5 Å². The number of carbonyl (C=O) groups is 3. The lowest BCUT2D eigenvalue weighted by molar-refractivity contribution is -0.142. The molecule has 5 atom stereocenters. The van der Waals surface area contributed by atoms with E-state index < -0.39 is 23.8 Å². The van der Waals surface area contributed by atoms with Crippen molar-refractivity contribution in [2.45, 2.75) is 85.0 Å². The normalized spacial score (nSPS) is 18.6. The van der Waals surface area contributed by atoms with E-state index in [2.05, 4.69) is 17.6 Å². The smallest absolute Gasteiger partial charge is 0.408 e. The average Bonchev–Trinajstić information content (AvgIpc) is 3.64. The second-order valence-electron chi connectivity index (χ2n) is 12.4. The van der Waals surface area contributed by atoms with Crippen LogP contribution < -0.4 is 10.6 Å². The zero-order chi connectivity index (χ0) is 29.9. The summed E-state index contributed by atoms with van der Waals surface area (Å²) in [5.41, 5.74) is 1.74. The molecule has 1 saturated carbocycles. The van der Waals surface area contributed by atoms with E-state index in [4.69, 9.17) is 4.74 Å². The topological polar surface area (TPSA) is 87.7 Å². The molecule has 0 aliphatic heterocycles. The summed E-state index contributed by atoms with van der Waals surface area (Å²) in [5.74, 6) is -0.510. The molecule has 4 rings (SSSR count). The highest BCUT2D eigenvalue weighted by Crippen LogP contribution is 2.41. The minimum atomic E-state index is -0.878. The van der Waals surface area contributed by atoms with Crippen LogP contribution in [0, 0.1) is 18.8 Å². The molecule has 2 N–H and O–H groups in total. The van der Waals surface area contributed by atoms with Gasteiger partial charge in [0, 0.05) is 11.7 Å². The predicted molar refractivity (Wildman–Crippen MR) is 164 cm³/mol. The molecular weight excluding hydrogens is 514 g/mol. The van der Waals surface area contributed by atoms with Crippen molar-refractivity contribution in [2.24, 2.45) is 11.8 Å². The molecule has 0 bridgehead atoms. The summed E-state index contributed by atoms with van der Waals surface area (Å²) in [7, 11) is 0. The van der Waals surface area contributed by atoms with Gasteiger partial charge in [-0.25, -0.2) is 4.79 Å². The first-order valence-corrected chi connectivity index (χ1v) is 14.6. The van der Waals surface area contributed by atoms with Gasteiger partial charge >= 0.3 is 6.09 Å². The average molecular weight is 558 g/mol. The van der Waals surface area contributed by atoms with E-state index in [-0.39, 0.29) is 29.7 Å². The Hall–Kier alpha value is -3.87. The van der Waals surface area contributed by atoms with Crippen LogP contribution in [0.15, 0.2) is 66.7 Å². The summed E-state index contributed by atoms with van der Waals surface area (Å²) in [6.07, 6.45) is 0.808. The van der Waals surface area contributed by atoms with Gasteiger partial charge in [0.1, 0.15) is 17.7 Å². The molecule has 1 aliphatic rings. The van der Waals surface area contributed by atoms with Gasteiger partial charge in [-0.2, -0.15) is 0 Å². The zero-order valence-electron chi connectivity index (χ0n) is 25.2. The molecule has 218 valence electrons. The van der Waals surface area contributed by atoms with Crippen molar-refractivity contribution in [1.29, 1.82) is 0 Å². The Labute approximate surface area is 243 Å². The van der Waals surface area contributed by atoms with Crippen molar-refractivity contribution in [3.63, 3.8) is 0 Å². The molecule has 3 aromatic carbocycles. The first kappa shape index (κ1) is 30.1. The third-order valence-electron chi connectivity index (χ3n) is 7.77. The molecule has 7 nitrogen and oxygen atoms in total. The van der Waals surface area contributed by atoms with Crippen molar-refractivity contribution >= 4 is 34.4 Å². The Kier molecular flexibility index (Phi) is 9.05. The monoisotopic (exact) mass is 557 g/mol. The van der Waals surface area contributed by atoms with Gasteiger partial charge in [0.25, 0.3) is 5.91 Å². The molecular formula is C34H43N3O4. The van der Waals surface area contributed by atoms with Crippen molar-refractivity contribution < 1.29 is 19.1 Å². The number of fused-ring (bicyclic) bond motifs is 1. The third-order valence-corrected chi connectivity index (χ3v) is 7.77. The quantitative estimate of drug-likeness (QED) is 0.296. The maximum Gasteiger partial charge on any atom is 0.408 e. The predicted octanol–water partition coefficient (Wildman–Crippen LogP) is 7.00. The van der Waals surface area contributed by atoms with Crippen LogP contribution in [0.2, 0.25) is 0 Å². The van der Waals surface area contributed by atoms with Crippen LogP contribution in [-0.2, 0) is 14.3 Å². The van der Waals surface area contributed by atoms with Crippen LogP contribution in [0.3, 0.4) is 0 Å². The van der Waals surface area contributed by atoms with Crippen LogP contribution >= 0.6 is 0 Å². The summed E-state index contributed by atoms with van der Waals surface area (Å²) in [4.78, 5) is 43.2. The second kappa shape index (κ2) is 12.3. The number of hydrogen-bond acceptors (Lipinski definition) is 4. The van der Waals surface area contributed by atoms with Crippen LogP contribution in [0.25, 0.3) is 10.8 Å². The maximum atomic E-state index is 14.5.